The third kappa shape index (κ3) is 3.23. The minimum absolute atomic E-state index is 0.143. The molecule has 4 nitrogen and oxygen atoms in total. The summed E-state index contributed by atoms with van der Waals surface area (Å²) < 4.78 is 0.784. The number of aromatic amines is 1. The Labute approximate surface area is 129 Å². The summed E-state index contributed by atoms with van der Waals surface area (Å²) in [7, 11) is 0. The fraction of sp³-hybridized carbons (Fsp3) is 0.231. The summed E-state index contributed by atoms with van der Waals surface area (Å²) in [5.74, 6) is -0.350. The normalized spacial score (nSPS) is 10.6. The fourth-order valence-electron chi connectivity index (χ4n) is 1.86. The number of aryl methyl sites for hydroxylation is 2. The van der Waals surface area contributed by atoms with Crippen LogP contribution in [0.2, 0.25) is 8.67 Å². The van der Waals surface area contributed by atoms with Crippen molar-refractivity contribution in [2.75, 3.05) is 0 Å². The molecule has 0 radical (unpaired) electrons. The van der Waals surface area contributed by atoms with Crippen molar-refractivity contribution in [3.05, 3.63) is 53.5 Å². The van der Waals surface area contributed by atoms with E-state index in [9.17, 15) is 9.59 Å². The molecular formula is C13H12Cl2N2O2S. The fourth-order valence-corrected chi connectivity index (χ4v) is 3.32. The lowest BCUT2D eigenvalue weighted by Gasteiger charge is -2.07. The van der Waals surface area contributed by atoms with Crippen LogP contribution < -0.4 is 10.9 Å². The maximum Gasteiger partial charge on any atom is 0.253 e. The summed E-state index contributed by atoms with van der Waals surface area (Å²) in [5.41, 5.74) is 2.28. The number of H-pyrrole nitrogens is 1. The van der Waals surface area contributed by atoms with Gasteiger partial charge in [-0.05, 0) is 31.5 Å². The molecule has 1 amide bonds. The summed E-state index contributed by atoms with van der Waals surface area (Å²) >= 11 is 12.8. The molecule has 0 bridgehead atoms. The zero-order valence-corrected chi connectivity index (χ0v) is 13.2. The van der Waals surface area contributed by atoms with Gasteiger partial charge in [0.2, 0.25) is 0 Å². The monoisotopic (exact) mass is 330 g/mol. The average molecular weight is 331 g/mol. The van der Waals surface area contributed by atoms with Crippen LogP contribution in [0.5, 0.6) is 0 Å². The van der Waals surface area contributed by atoms with Gasteiger partial charge in [0.25, 0.3) is 11.5 Å². The molecule has 0 atom stereocenters. The second-order valence-electron chi connectivity index (χ2n) is 4.36. The molecule has 0 unspecified atom stereocenters. The Morgan fingerprint density at radius 1 is 1.35 bits per heavy atom. The van der Waals surface area contributed by atoms with E-state index >= 15 is 0 Å². The van der Waals surface area contributed by atoms with Crippen molar-refractivity contribution in [2.45, 2.75) is 20.4 Å². The highest BCUT2D eigenvalue weighted by Crippen LogP contribution is 2.30. The molecule has 2 N–H and O–H groups in total. The highest BCUT2D eigenvalue weighted by molar-refractivity contribution is 7.20. The zero-order valence-electron chi connectivity index (χ0n) is 10.8. The van der Waals surface area contributed by atoms with Crippen molar-refractivity contribution >= 4 is 40.4 Å². The van der Waals surface area contributed by atoms with E-state index in [0.717, 1.165) is 22.6 Å². The number of carbonyl (C=O) groups excluding carboxylic acids is 1. The molecule has 2 aromatic rings. The third-order valence-electron chi connectivity index (χ3n) is 2.82. The van der Waals surface area contributed by atoms with Crippen LogP contribution in [-0.2, 0) is 6.54 Å². The van der Waals surface area contributed by atoms with Gasteiger partial charge in [-0.25, -0.2) is 0 Å². The van der Waals surface area contributed by atoms with Gasteiger partial charge in [0.15, 0.2) is 0 Å². The number of halogens is 2. The maximum absolute atomic E-state index is 12.0. The molecule has 0 aliphatic rings. The smallest absolute Gasteiger partial charge is 0.253 e. The number of pyridine rings is 1. The van der Waals surface area contributed by atoms with E-state index in [2.05, 4.69) is 10.3 Å². The summed E-state index contributed by atoms with van der Waals surface area (Å²) in [4.78, 5) is 26.5. The lowest BCUT2D eigenvalue weighted by molar-refractivity contribution is 0.0951. The van der Waals surface area contributed by atoms with Crippen LogP contribution in [0.1, 0.15) is 27.2 Å². The first-order chi connectivity index (χ1) is 9.38. The molecule has 0 spiro atoms. The quantitative estimate of drug-likeness (QED) is 0.907. The molecule has 20 heavy (non-hydrogen) atoms. The van der Waals surface area contributed by atoms with Crippen LogP contribution >= 0.6 is 34.5 Å². The minimum atomic E-state index is -0.350. The molecule has 106 valence electrons. The number of nitrogens with one attached hydrogen (secondary N) is 2. The van der Waals surface area contributed by atoms with Crippen molar-refractivity contribution < 1.29 is 4.79 Å². The zero-order chi connectivity index (χ0) is 14.9. The first-order valence-corrected chi connectivity index (χ1v) is 7.38. The largest absolute Gasteiger partial charge is 0.348 e. The third-order valence-corrected chi connectivity index (χ3v) is 4.31. The molecule has 0 aliphatic heterocycles. The van der Waals surface area contributed by atoms with Crippen LogP contribution in [0.15, 0.2) is 16.9 Å². The van der Waals surface area contributed by atoms with E-state index in [-0.39, 0.29) is 18.0 Å². The van der Waals surface area contributed by atoms with Crippen molar-refractivity contribution in [3.63, 3.8) is 0 Å². The van der Waals surface area contributed by atoms with Gasteiger partial charge in [-0.15, -0.1) is 11.3 Å². The minimum Gasteiger partial charge on any atom is -0.348 e. The lowest BCUT2D eigenvalue weighted by atomic mass is 10.1. The van der Waals surface area contributed by atoms with Crippen molar-refractivity contribution in [1.29, 1.82) is 0 Å². The van der Waals surface area contributed by atoms with Gasteiger partial charge in [0, 0.05) is 17.8 Å². The number of hydrogen-bond donors (Lipinski definition) is 2. The first kappa shape index (κ1) is 15.1. The molecule has 0 fully saturated rings. The standard InChI is InChI=1S/C13H12Cl2N2O2S/c1-6-3-7(2)17-13(19)9(6)5-16-12(18)8-4-10(14)20-11(8)15/h3-4H,5H2,1-2H3,(H,16,18)(H,17,19). The summed E-state index contributed by atoms with van der Waals surface area (Å²) in [6.45, 7) is 3.78. The van der Waals surface area contributed by atoms with Crippen LogP contribution in [0.4, 0.5) is 0 Å². The molecular weight excluding hydrogens is 319 g/mol. The highest BCUT2D eigenvalue weighted by Gasteiger charge is 2.15. The number of hydrogen-bond acceptors (Lipinski definition) is 3. The maximum atomic E-state index is 12.0. The molecule has 0 saturated carbocycles. The van der Waals surface area contributed by atoms with Gasteiger partial charge in [0.1, 0.15) is 4.34 Å². The second kappa shape index (κ2) is 5.99. The lowest BCUT2D eigenvalue weighted by Crippen LogP contribution is -2.27. The second-order valence-corrected chi connectivity index (χ2v) is 6.65. The van der Waals surface area contributed by atoms with Gasteiger partial charge < -0.3 is 10.3 Å². The molecule has 0 aliphatic carbocycles. The Morgan fingerprint density at radius 3 is 2.60 bits per heavy atom. The van der Waals surface area contributed by atoms with Crippen LogP contribution in [0, 0.1) is 13.8 Å². The van der Waals surface area contributed by atoms with Gasteiger partial charge in [-0.2, -0.15) is 0 Å². The van der Waals surface area contributed by atoms with Gasteiger partial charge in [-0.1, -0.05) is 23.2 Å². The molecule has 7 heteroatoms. The van der Waals surface area contributed by atoms with Gasteiger partial charge in [-0.3, -0.25) is 9.59 Å². The van der Waals surface area contributed by atoms with Crippen molar-refractivity contribution in [1.82, 2.24) is 10.3 Å². The van der Waals surface area contributed by atoms with E-state index < -0.39 is 0 Å². The number of thiophene rings is 1. The van der Waals surface area contributed by atoms with Gasteiger partial charge in [0.05, 0.1) is 9.90 Å². The number of carbonyl (C=O) groups is 1. The summed E-state index contributed by atoms with van der Waals surface area (Å²) in [6, 6.07) is 3.37. The average Bonchev–Trinajstić information content (AvgIpc) is 2.66. The Kier molecular flexibility index (Phi) is 4.52. The van der Waals surface area contributed by atoms with E-state index in [4.69, 9.17) is 23.2 Å². The summed E-state index contributed by atoms with van der Waals surface area (Å²) in [5, 5.41) is 2.68. The molecule has 2 aromatic heterocycles. The highest BCUT2D eigenvalue weighted by atomic mass is 35.5. The predicted octanol–water partition coefficient (Wildman–Crippen LogP) is 3.29. The Morgan fingerprint density at radius 2 is 2.05 bits per heavy atom. The SMILES string of the molecule is Cc1cc(C)c(CNC(=O)c2cc(Cl)sc2Cl)c(=O)[nH]1. The number of rotatable bonds is 3. The van der Waals surface area contributed by atoms with Crippen molar-refractivity contribution in [2.24, 2.45) is 0 Å². The Hall–Kier alpha value is -1.30. The summed E-state index contributed by atoms with van der Waals surface area (Å²) in [6.07, 6.45) is 0. The van der Waals surface area contributed by atoms with E-state index in [1.54, 1.807) is 0 Å². The van der Waals surface area contributed by atoms with Crippen LogP contribution in [0.25, 0.3) is 0 Å². The topological polar surface area (TPSA) is 62.0 Å². The predicted molar refractivity (Wildman–Crippen MR) is 82.0 cm³/mol. The van der Waals surface area contributed by atoms with E-state index in [0.29, 0.717) is 19.8 Å². The van der Waals surface area contributed by atoms with E-state index in [1.165, 1.54) is 6.07 Å². The van der Waals surface area contributed by atoms with Crippen LogP contribution in [0.3, 0.4) is 0 Å². The Bertz CT molecular complexity index is 722. The molecule has 2 rings (SSSR count). The van der Waals surface area contributed by atoms with Crippen LogP contribution in [-0.4, -0.2) is 10.9 Å². The molecule has 2 heterocycles. The van der Waals surface area contributed by atoms with Gasteiger partial charge >= 0.3 is 0 Å². The molecule has 0 aromatic carbocycles. The number of aromatic nitrogens is 1. The molecule has 0 saturated heterocycles. The first-order valence-electron chi connectivity index (χ1n) is 5.81. The Balaban J connectivity index is 2.15. The number of amides is 1. The van der Waals surface area contributed by atoms with Crippen molar-refractivity contribution in [3.8, 4) is 0 Å². The van der Waals surface area contributed by atoms with E-state index in [1.807, 2.05) is 19.9 Å².